The number of carboxylic acid groups (broad SMARTS) is 4. The van der Waals surface area contributed by atoms with Gasteiger partial charge in [0.15, 0.2) is 51.0 Å². The zero-order chi connectivity index (χ0) is 60.4. The molecule has 94 heavy (non-hydrogen) atoms. The number of nitrogens with one attached hydrogen (secondary N) is 2. The Morgan fingerprint density at radius 3 is 0.691 bits per heavy atom. The van der Waals surface area contributed by atoms with Crippen LogP contribution in [0.3, 0.4) is 0 Å². The minimum absolute atomic E-state index is 0. The van der Waals surface area contributed by atoms with E-state index in [2.05, 4.69) is 28.2 Å². The van der Waals surface area contributed by atoms with Crippen molar-refractivity contribution in [3.05, 3.63) is 286 Å². The van der Waals surface area contributed by atoms with Crippen LogP contribution in [-0.4, -0.2) is 64.2 Å². The molecule has 2 aliphatic rings. The molecule has 9 heterocycles. The SMILES string of the molecule is O=C(O)c1ccc(C[n+]2ccccc2-c2c3nc(c(-c4cccc[n+]4Cc4ccc(C(=O)O)cc4)c4ccc([nH]4)c(-c4cccc[n+]4Cc4ccc(C(=O)O)cc4)c4nc(c(-c5cccc[n+]5Cc5ccc(C(=O)O)cc5)c5ccc2[nH]5)C=C4)C=C3)cc1.[Cl-].[Cl-].[Cl-].[Cl-].[Cl-].[Fe+3]. The summed E-state index contributed by atoms with van der Waals surface area (Å²) < 4.78 is 8.48. The molecule has 0 saturated heterocycles. The maximum absolute atomic E-state index is 11.9. The number of nitrogens with zero attached hydrogens (tertiary/aromatic N) is 6. The number of aromatic amines is 2. The third-order valence-electron chi connectivity index (χ3n) is 15.8. The molecule has 1 radical (unpaired) electrons. The third kappa shape index (κ3) is 14.9. The number of carbonyl (C=O) groups is 4. The number of halogens is 5. The topological polar surface area (TPSA) is 222 Å². The molecule has 22 heteroatoms. The molecule has 0 atom stereocenters. The zero-order valence-electron chi connectivity index (χ0n) is 49.3. The van der Waals surface area contributed by atoms with Crippen LogP contribution in [0.2, 0.25) is 0 Å². The van der Waals surface area contributed by atoms with Gasteiger partial charge in [0.2, 0.25) is 22.8 Å². The average molecular weight is 1390 g/mol. The van der Waals surface area contributed by atoms with Gasteiger partial charge < -0.3 is 92.4 Å². The van der Waals surface area contributed by atoms with E-state index in [1.54, 1.807) is 48.5 Å². The molecule has 11 aromatic rings. The molecule has 471 valence electrons. The Hall–Kier alpha value is -10.1. The van der Waals surface area contributed by atoms with Crippen molar-refractivity contribution in [2.45, 2.75) is 26.2 Å². The number of H-pyrrole nitrogens is 2. The van der Waals surface area contributed by atoms with Crippen molar-refractivity contribution in [3.63, 3.8) is 0 Å². The normalized spacial score (nSPS) is 10.9. The Labute approximate surface area is 580 Å². The van der Waals surface area contributed by atoms with Crippen molar-refractivity contribution in [1.82, 2.24) is 19.9 Å². The third-order valence-corrected chi connectivity index (χ3v) is 15.8. The molecule has 0 saturated carbocycles. The van der Waals surface area contributed by atoms with Crippen LogP contribution in [-0.2, 0) is 43.2 Å². The van der Waals surface area contributed by atoms with Gasteiger partial charge in [-0.3, -0.25) is 0 Å². The number of hydrogen-bond donors (Lipinski definition) is 6. The van der Waals surface area contributed by atoms with Crippen LogP contribution >= 0.6 is 0 Å². The second-order valence-corrected chi connectivity index (χ2v) is 21.4. The second-order valence-electron chi connectivity index (χ2n) is 21.4. The van der Waals surface area contributed by atoms with Crippen molar-refractivity contribution in [3.8, 4) is 45.0 Å². The molecule has 0 aliphatic carbocycles. The van der Waals surface area contributed by atoms with Crippen LogP contribution in [0, 0.1) is 0 Å². The Morgan fingerprint density at radius 1 is 0.298 bits per heavy atom. The quantitative estimate of drug-likeness (QED) is 0.0414. The van der Waals surface area contributed by atoms with Crippen molar-refractivity contribution in [2.75, 3.05) is 0 Å². The molecule has 4 aromatic carbocycles. The van der Waals surface area contributed by atoms with Crippen LogP contribution in [0.4, 0.5) is 0 Å². The molecule has 0 amide bonds. The van der Waals surface area contributed by atoms with Crippen LogP contribution in [0.1, 0.15) is 86.5 Å². The van der Waals surface area contributed by atoms with Gasteiger partial charge in [-0.1, -0.05) is 48.5 Å². The van der Waals surface area contributed by atoms with E-state index in [1.165, 1.54) is 0 Å². The summed E-state index contributed by atoms with van der Waals surface area (Å²) in [5.41, 5.74) is 16.2. The summed E-state index contributed by atoms with van der Waals surface area (Å²) in [6, 6.07) is 59.6. The van der Waals surface area contributed by atoms with Crippen molar-refractivity contribution < 1.29 is 137 Å². The summed E-state index contributed by atoms with van der Waals surface area (Å²) in [5.74, 6) is -4.03. The average Bonchev–Trinajstić information content (AvgIpc) is 1.58. The smallest absolute Gasteiger partial charge is 1.00 e. The molecule has 13 rings (SSSR count). The largest absolute Gasteiger partial charge is 3.00 e. The maximum atomic E-state index is 11.9. The molecule has 0 unspecified atom stereocenters. The molecule has 16 nitrogen and oxygen atoms in total. The zero-order valence-corrected chi connectivity index (χ0v) is 54.2. The van der Waals surface area contributed by atoms with Crippen LogP contribution in [0.15, 0.2) is 219 Å². The number of fused-ring (bicyclic) bond motifs is 8. The van der Waals surface area contributed by atoms with Crippen LogP contribution in [0.5, 0.6) is 0 Å². The van der Waals surface area contributed by atoms with Gasteiger partial charge in [-0.25, -0.2) is 29.1 Å². The van der Waals surface area contributed by atoms with E-state index in [-0.39, 0.29) is 101 Å². The minimum atomic E-state index is -1.01. The number of aromatic nitrogens is 8. The molecule has 0 spiro atoms. The van der Waals surface area contributed by atoms with E-state index in [4.69, 9.17) is 9.97 Å². The van der Waals surface area contributed by atoms with Gasteiger partial charge in [0.25, 0.3) is 0 Å². The standard InChI is InChI=1S/C72H50N8O8.5ClH.Fe/c81-69(82)49-21-13-45(14-22-49)41-77-37-5-1-9-61(77)65-53-29-31-55(73-53)66(62-10-2-6-38-78(62)42-46-15-23-50(24-16-46)70(83)84)57-33-35-59(75-57)68(64-12-4-8-40-80(64)44-48-19-27-52(28-20-48)72(87)88)60-36-34-58(76-60)67(56-32-30-54(65)74-56)63-11-3-7-39-79(63)43-47-17-25-51(26-18-47)71(85)86;;;;;;/h1-40H,41-44H2,(H2-3,73,74,75,76,81,82,83,84,85,86,87,88);5*1H;/q;;;;;;+3/p-1. The van der Waals surface area contributed by atoms with Gasteiger partial charge in [-0.05, 0) is 121 Å². The fourth-order valence-electron chi connectivity index (χ4n) is 11.4. The first-order chi connectivity index (χ1) is 42.9. The van der Waals surface area contributed by atoms with E-state index in [0.29, 0.717) is 49.0 Å². The molecule has 6 N–H and O–H groups in total. The summed E-state index contributed by atoms with van der Waals surface area (Å²) in [6.45, 7) is 1.58. The van der Waals surface area contributed by atoms with E-state index >= 15 is 0 Å². The van der Waals surface area contributed by atoms with Gasteiger partial charge in [-0.15, -0.1) is 0 Å². The first kappa shape index (κ1) is 71.4. The fourth-order valence-corrected chi connectivity index (χ4v) is 11.4. The van der Waals surface area contributed by atoms with Crippen molar-refractivity contribution in [2.24, 2.45) is 0 Å². The number of pyridine rings is 4. The Kier molecular flexibility index (Phi) is 23.6. The number of hydrogen-bond acceptors (Lipinski definition) is 6. The Balaban J connectivity index is 0.00000208. The summed E-state index contributed by atoms with van der Waals surface area (Å²) in [5, 5.41) is 39.1. The van der Waals surface area contributed by atoms with E-state index in [9.17, 15) is 39.6 Å². The van der Waals surface area contributed by atoms with Gasteiger partial charge in [0.1, 0.15) is 0 Å². The summed E-state index contributed by atoms with van der Waals surface area (Å²) in [4.78, 5) is 66.7. The van der Waals surface area contributed by atoms with Gasteiger partial charge >= 0.3 is 40.9 Å². The first-order valence-corrected chi connectivity index (χ1v) is 28.3. The van der Waals surface area contributed by atoms with Crippen LogP contribution in [0.25, 0.3) is 91.4 Å². The van der Waals surface area contributed by atoms with E-state index in [0.717, 1.165) is 89.4 Å². The fraction of sp³-hybridized carbons (Fsp3) is 0.0556. The number of carboxylic acids is 4. The summed E-state index contributed by atoms with van der Waals surface area (Å²) in [7, 11) is 0. The maximum Gasteiger partial charge on any atom is 3.00 e. The minimum Gasteiger partial charge on any atom is -1.00 e. The summed E-state index contributed by atoms with van der Waals surface area (Å²) >= 11 is 0. The molecular formula is C72H54Cl5FeN8O8+2. The monoisotopic (exact) mass is 1390 g/mol. The molecular weight excluding hydrogens is 1340 g/mol. The second kappa shape index (κ2) is 31.0. The van der Waals surface area contributed by atoms with Gasteiger partial charge in [0.05, 0.1) is 89.4 Å². The first-order valence-electron chi connectivity index (χ1n) is 28.3. The number of aromatic carboxylic acids is 4. The van der Waals surface area contributed by atoms with E-state index in [1.807, 2.05) is 195 Å². The predicted molar refractivity (Wildman–Crippen MR) is 331 cm³/mol. The Bertz CT molecular complexity index is 4290. The molecule has 8 bridgehead atoms. The molecule has 2 aliphatic heterocycles. The summed E-state index contributed by atoms with van der Waals surface area (Å²) in [6.07, 6.45) is 16.1. The van der Waals surface area contributed by atoms with Crippen molar-refractivity contribution >= 4 is 70.2 Å². The number of benzene rings is 4. The molecule has 7 aromatic heterocycles. The van der Waals surface area contributed by atoms with Crippen LogP contribution < -0.4 is 80.3 Å². The van der Waals surface area contributed by atoms with Gasteiger partial charge in [-0.2, -0.15) is 18.3 Å². The van der Waals surface area contributed by atoms with Gasteiger partial charge in [0, 0.05) is 70.8 Å². The van der Waals surface area contributed by atoms with E-state index < -0.39 is 23.9 Å². The number of rotatable bonds is 16. The van der Waals surface area contributed by atoms with Crippen molar-refractivity contribution in [1.29, 1.82) is 0 Å². The predicted octanol–water partition coefficient (Wildman–Crippen LogP) is -3.52. The Morgan fingerprint density at radius 2 is 0.500 bits per heavy atom. The molecule has 0 fully saturated rings.